The van der Waals surface area contributed by atoms with Crippen molar-refractivity contribution in [3.05, 3.63) is 41.1 Å². The molecule has 1 N–H and O–H groups in total. The zero-order valence-electron chi connectivity index (χ0n) is 14.5. The topological polar surface area (TPSA) is 75.9 Å². The van der Waals surface area contributed by atoms with Gasteiger partial charge in [0.2, 0.25) is 0 Å². The van der Waals surface area contributed by atoms with Crippen LogP contribution in [0.1, 0.15) is 12.8 Å². The third-order valence-corrected chi connectivity index (χ3v) is 4.32. The maximum Gasteiger partial charge on any atom is 0.264 e. The second-order valence-corrected chi connectivity index (χ2v) is 6.63. The molecule has 0 saturated heterocycles. The molecule has 1 aliphatic carbocycles. The molecule has 0 amide bonds. The van der Waals surface area contributed by atoms with Gasteiger partial charge in [0.25, 0.3) is 5.56 Å². The average molecular weight is 336 g/mol. The summed E-state index contributed by atoms with van der Waals surface area (Å²) in [7, 11) is 5.61. The first-order valence-corrected chi connectivity index (χ1v) is 8.29. The van der Waals surface area contributed by atoms with Gasteiger partial charge >= 0.3 is 0 Å². The van der Waals surface area contributed by atoms with Crippen molar-refractivity contribution in [2.45, 2.75) is 18.9 Å². The monoisotopic (exact) mass is 336 g/mol. The molecule has 25 heavy (non-hydrogen) atoms. The molecule has 128 valence electrons. The minimum atomic E-state index is -0.0896. The fraction of sp³-hybridized carbons (Fsp3) is 0.333. The van der Waals surface area contributed by atoms with Gasteiger partial charge in [-0.3, -0.25) is 4.79 Å². The number of anilines is 2. The lowest BCUT2D eigenvalue weighted by Gasteiger charge is -2.13. The van der Waals surface area contributed by atoms with Crippen molar-refractivity contribution in [2.75, 3.05) is 24.3 Å². The van der Waals surface area contributed by atoms with Crippen molar-refractivity contribution >= 4 is 22.5 Å². The number of rotatable bonds is 4. The summed E-state index contributed by atoms with van der Waals surface area (Å²) >= 11 is 0. The van der Waals surface area contributed by atoms with Crippen molar-refractivity contribution in [2.24, 2.45) is 7.05 Å². The first-order valence-electron chi connectivity index (χ1n) is 8.29. The zero-order valence-corrected chi connectivity index (χ0v) is 14.5. The molecule has 0 bridgehead atoms. The van der Waals surface area contributed by atoms with Gasteiger partial charge in [-0.05, 0) is 31.0 Å². The van der Waals surface area contributed by atoms with Gasteiger partial charge < -0.3 is 14.8 Å². The lowest BCUT2D eigenvalue weighted by atomic mass is 10.1. The number of aromatic nitrogens is 4. The van der Waals surface area contributed by atoms with Crippen molar-refractivity contribution in [3.63, 3.8) is 0 Å². The molecule has 3 aromatic heterocycles. The Morgan fingerprint density at radius 2 is 2.04 bits per heavy atom. The van der Waals surface area contributed by atoms with Gasteiger partial charge in [0.05, 0.1) is 17.5 Å². The fourth-order valence-corrected chi connectivity index (χ4v) is 2.70. The normalized spacial score (nSPS) is 13.9. The van der Waals surface area contributed by atoms with E-state index in [-0.39, 0.29) is 5.56 Å². The van der Waals surface area contributed by atoms with E-state index in [4.69, 9.17) is 4.98 Å². The third kappa shape index (κ3) is 2.93. The Bertz CT molecular complexity index is 989. The summed E-state index contributed by atoms with van der Waals surface area (Å²) in [5, 5.41) is 3.91. The maximum atomic E-state index is 12.5. The molecule has 1 saturated carbocycles. The standard InChI is InChI=1S/C18H20N6O/c1-23(2)15-7-4-11(9-19-15)13-8-14-16(18(25)24(3)10-20-14)17(22-13)21-12-5-6-12/h4,7-10,12H,5-6H2,1-3H3,(H,21,22). The Morgan fingerprint density at radius 1 is 1.24 bits per heavy atom. The summed E-state index contributed by atoms with van der Waals surface area (Å²) in [6.45, 7) is 0. The molecule has 1 aliphatic rings. The number of pyridine rings is 2. The average Bonchev–Trinajstić information content (AvgIpc) is 3.42. The molecule has 0 spiro atoms. The molecule has 1 fully saturated rings. The zero-order chi connectivity index (χ0) is 17.6. The highest BCUT2D eigenvalue weighted by Gasteiger charge is 2.24. The quantitative estimate of drug-likeness (QED) is 0.786. The van der Waals surface area contributed by atoms with E-state index >= 15 is 0 Å². The van der Waals surface area contributed by atoms with Gasteiger partial charge in [0, 0.05) is 38.9 Å². The Balaban J connectivity index is 1.87. The molecule has 0 radical (unpaired) electrons. The molecular weight excluding hydrogens is 316 g/mol. The smallest absolute Gasteiger partial charge is 0.264 e. The molecule has 3 heterocycles. The van der Waals surface area contributed by atoms with Crippen LogP contribution >= 0.6 is 0 Å². The van der Waals surface area contributed by atoms with Crippen molar-refractivity contribution < 1.29 is 0 Å². The molecule has 7 nitrogen and oxygen atoms in total. The van der Waals surface area contributed by atoms with E-state index in [2.05, 4.69) is 15.3 Å². The van der Waals surface area contributed by atoms with Crippen LogP contribution < -0.4 is 15.8 Å². The summed E-state index contributed by atoms with van der Waals surface area (Å²) in [5.74, 6) is 1.49. The highest BCUT2D eigenvalue weighted by Crippen LogP contribution is 2.29. The Morgan fingerprint density at radius 3 is 2.68 bits per heavy atom. The summed E-state index contributed by atoms with van der Waals surface area (Å²) in [6, 6.07) is 6.18. The molecule has 0 unspecified atom stereocenters. The van der Waals surface area contributed by atoms with E-state index in [1.807, 2.05) is 37.2 Å². The number of aryl methyl sites for hydroxylation is 1. The molecular formula is C18H20N6O. The molecule has 0 aliphatic heterocycles. The van der Waals surface area contributed by atoms with E-state index < -0.39 is 0 Å². The lowest BCUT2D eigenvalue weighted by Crippen LogP contribution is -2.19. The first-order chi connectivity index (χ1) is 12.0. The fourth-order valence-electron chi connectivity index (χ4n) is 2.70. The van der Waals surface area contributed by atoms with Crippen LogP contribution in [0.15, 0.2) is 35.5 Å². The Labute approximate surface area is 145 Å². The van der Waals surface area contributed by atoms with Gasteiger partial charge in [-0.1, -0.05) is 0 Å². The Hall–Kier alpha value is -2.96. The Kier molecular flexibility index (Phi) is 3.63. The van der Waals surface area contributed by atoms with Crippen LogP contribution in [-0.2, 0) is 7.05 Å². The third-order valence-electron chi connectivity index (χ3n) is 4.32. The van der Waals surface area contributed by atoms with E-state index in [0.717, 1.165) is 29.9 Å². The second kappa shape index (κ2) is 5.84. The lowest BCUT2D eigenvalue weighted by molar-refractivity contribution is 0.842. The van der Waals surface area contributed by atoms with Crippen LogP contribution in [0.2, 0.25) is 0 Å². The van der Waals surface area contributed by atoms with Crippen molar-refractivity contribution in [1.29, 1.82) is 0 Å². The van der Waals surface area contributed by atoms with Crippen LogP contribution in [0.5, 0.6) is 0 Å². The molecule has 0 aromatic carbocycles. The second-order valence-electron chi connectivity index (χ2n) is 6.63. The summed E-state index contributed by atoms with van der Waals surface area (Å²) in [5.41, 5.74) is 2.21. The van der Waals surface area contributed by atoms with Gasteiger partial charge in [0.1, 0.15) is 17.0 Å². The first kappa shape index (κ1) is 15.6. The minimum absolute atomic E-state index is 0.0896. The maximum absolute atomic E-state index is 12.5. The van der Waals surface area contributed by atoms with Crippen LogP contribution in [-0.4, -0.2) is 39.7 Å². The van der Waals surface area contributed by atoms with Gasteiger partial charge in [-0.25, -0.2) is 15.0 Å². The van der Waals surface area contributed by atoms with Crippen molar-refractivity contribution in [1.82, 2.24) is 19.5 Å². The molecule has 0 atom stereocenters. The van der Waals surface area contributed by atoms with E-state index in [0.29, 0.717) is 22.8 Å². The number of hydrogen-bond donors (Lipinski definition) is 1. The van der Waals surface area contributed by atoms with Crippen molar-refractivity contribution in [3.8, 4) is 11.3 Å². The molecule has 4 rings (SSSR count). The SMILES string of the molecule is CN(C)c1ccc(-c2cc3ncn(C)c(=O)c3c(NC3CC3)n2)cn1. The predicted molar refractivity (Wildman–Crippen MR) is 99.0 cm³/mol. The summed E-state index contributed by atoms with van der Waals surface area (Å²) in [6.07, 6.45) is 5.55. The van der Waals surface area contributed by atoms with E-state index in [9.17, 15) is 4.79 Å². The van der Waals surface area contributed by atoms with Gasteiger partial charge in [0.15, 0.2) is 0 Å². The number of hydrogen-bond acceptors (Lipinski definition) is 6. The minimum Gasteiger partial charge on any atom is -0.367 e. The largest absolute Gasteiger partial charge is 0.367 e. The van der Waals surface area contributed by atoms with Crippen LogP contribution in [0, 0.1) is 0 Å². The van der Waals surface area contributed by atoms with Crippen LogP contribution in [0.4, 0.5) is 11.6 Å². The van der Waals surface area contributed by atoms with Crippen LogP contribution in [0.3, 0.4) is 0 Å². The van der Waals surface area contributed by atoms with Gasteiger partial charge in [-0.2, -0.15) is 0 Å². The highest BCUT2D eigenvalue weighted by atomic mass is 16.1. The van der Waals surface area contributed by atoms with E-state index in [1.54, 1.807) is 19.6 Å². The van der Waals surface area contributed by atoms with E-state index in [1.165, 1.54) is 4.57 Å². The van der Waals surface area contributed by atoms with Gasteiger partial charge in [-0.15, -0.1) is 0 Å². The number of fused-ring (bicyclic) bond motifs is 1. The summed E-state index contributed by atoms with van der Waals surface area (Å²) < 4.78 is 1.48. The predicted octanol–water partition coefficient (Wildman–Crippen LogP) is 2.03. The number of nitrogens with zero attached hydrogens (tertiary/aromatic N) is 5. The molecule has 7 heteroatoms. The van der Waals surface area contributed by atoms with Crippen LogP contribution in [0.25, 0.3) is 22.2 Å². The molecule has 3 aromatic rings. The summed E-state index contributed by atoms with van der Waals surface area (Å²) in [4.78, 5) is 28.1. The number of nitrogens with one attached hydrogen (secondary N) is 1. The highest BCUT2D eigenvalue weighted by molar-refractivity contribution is 5.91.